The lowest BCUT2D eigenvalue weighted by molar-refractivity contribution is 0.191. The number of halogens is 1. The van der Waals surface area contributed by atoms with E-state index in [1.165, 1.54) is 35.6 Å². The standard InChI is InChI=1S/C19H14FN3O3S2/c20-12-26-15-4-6-16(7-5-15)28(24,25)23-14-3-1-2-13(10-14)19-22-17-8-9-21-11-18(17)27-19/h1-11,23H,12H2. The van der Waals surface area contributed by atoms with E-state index < -0.39 is 16.9 Å². The third-order valence-electron chi connectivity index (χ3n) is 3.91. The maximum Gasteiger partial charge on any atom is 0.261 e. The van der Waals surface area contributed by atoms with Crippen LogP contribution in [0.2, 0.25) is 0 Å². The summed E-state index contributed by atoms with van der Waals surface area (Å²) in [6.07, 6.45) is 3.43. The van der Waals surface area contributed by atoms with Gasteiger partial charge in [0.2, 0.25) is 6.86 Å². The van der Waals surface area contributed by atoms with Crippen molar-refractivity contribution in [1.82, 2.24) is 9.97 Å². The molecule has 6 nitrogen and oxygen atoms in total. The van der Waals surface area contributed by atoms with Crippen molar-refractivity contribution in [2.75, 3.05) is 11.6 Å². The number of nitrogens with zero attached hydrogens (tertiary/aromatic N) is 2. The number of benzene rings is 2. The molecule has 0 fully saturated rings. The quantitative estimate of drug-likeness (QED) is 0.503. The molecule has 4 rings (SSSR count). The van der Waals surface area contributed by atoms with Crippen LogP contribution < -0.4 is 9.46 Å². The predicted octanol–water partition coefficient (Wildman–Crippen LogP) is 4.46. The van der Waals surface area contributed by atoms with Crippen LogP contribution in [0.5, 0.6) is 5.75 Å². The van der Waals surface area contributed by atoms with E-state index in [2.05, 4.69) is 19.4 Å². The number of nitrogens with one attached hydrogen (secondary N) is 1. The van der Waals surface area contributed by atoms with Crippen molar-refractivity contribution >= 4 is 37.3 Å². The van der Waals surface area contributed by atoms with Crippen LogP contribution >= 0.6 is 11.3 Å². The number of hydrogen-bond donors (Lipinski definition) is 1. The van der Waals surface area contributed by atoms with Crippen molar-refractivity contribution in [3.8, 4) is 16.3 Å². The van der Waals surface area contributed by atoms with Crippen molar-refractivity contribution in [2.45, 2.75) is 4.90 Å². The van der Waals surface area contributed by atoms with Gasteiger partial charge in [-0.3, -0.25) is 9.71 Å². The maximum atomic E-state index is 12.6. The fraction of sp³-hybridized carbons (Fsp3) is 0.0526. The van der Waals surface area contributed by atoms with Crippen molar-refractivity contribution in [3.63, 3.8) is 0 Å². The summed E-state index contributed by atoms with van der Waals surface area (Å²) >= 11 is 1.48. The molecule has 0 saturated heterocycles. The third kappa shape index (κ3) is 3.80. The lowest BCUT2D eigenvalue weighted by Crippen LogP contribution is -2.12. The normalized spacial score (nSPS) is 11.5. The van der Waals surface area contributed by atoms with Gasteiger partial charge in [-0.15, -0.1) is 11.3 Å². The van der Waals surface area contributed by atoms with Crippen LogP contribution in [0.3, 0.4) is 0 Å². The van der Waals surface area contributed by atoms with Gasteiger partial charge in [0.25, 0.3) is 10.0 Å². The van der Waals surface area contributed by atoms with Crippen LogP contribution in [-0.4, -0.2) is 25.2 Å². The smallest absolute Gasteiger partial charge is 0.261 e. The summed E-state index contributed by atoms with van der Waals surface area (Å²) in [6, 6.07) is 14.4. The summed E-state index contributed by atoms with van der Waals surface area (Å²) < 4.78 is 45.6. The van der Waals surface area contributed by atoms with Crippen LogP contribution in [0.4, 0.5) is 10.1 Å². The van der Waals surface area contributed by atoms with Gasteiger partial charge in [-0.2, -0.15) is 0 Å². The minimum atomic E-state index is -3.79. The van der Waals surface area contributed by atoms with E-state index in [9.17, 15) is 12.8 Å². The van der Waals surface area contributed by atoms with Crippen LogP contribution in [0.1, 0.15) is 0 Å². The zero-order valence-electron chi connectivity index (χ0n) is 14.4. The van der Waals surface area contributed by atoms with Crippen molar-refractivity contribution in [1.29, 1.82) is 0 Å². The molecule has 0 saturated carbocycles. The van der Waals surface area contributed by atoms with Crippen LogP contribution in [-0.2, 0) is 10.0 Å². The van der Waals surface area contributed by atoms with Crippen molar-refractivity contribution in [2.24, 2.45) is 0 Å². The van der Waals surface area contributed by atoms with E-state index in [1.54, 1.807) is 30.6 Å². The topological polar surface area (TPSA) is 81.2 Å². The van der Waals surface area contributed by atoms with Gasteiger partial charge in [0.15, 0.2) is 0 Å². The number of pyridine rings is 1. The van der Waals surface area contributed by atoms with Gasteiger partial charge in [0.1, 0.15) is 10.8 Å². The third-order valence-corrected chi connectivity index (χ3v) is 6.36. The van der Waals surface area contributed by atoms with Gasteiger partial charge in [-0.1, -0.05) is 12.1 Å². The second kappa shape index (κ2) is 7.53. The molecule has 9 heteroatoms. The average Bonchev–Trinajstić information content (AvgIpc) is 3.13. The van der Waals surface area contributed by atoms with Gasteiger partial charge in [0.05, 0.1) is 15.1 Å². The van der Waals surface area contributed by atoms with Gasteiger partial charge in [-0.25, -0.2) is 17.8 Å². The van der Waals surface area contributed by atoms with E-state index in [1.807, 2.05) is 12.1 Å². The Hall–Kier alpha value is -3.04. The summed E-state index contributed by atoms with van der Waals surface area (Å²) in [4.78, 5) is 8.70. The number of aromatic nitrogens is 2. The lowest BCUT2D eigenvalue weighted by atomic mass is 10.2. The minimum absolute atomic E-state index is 0.0511. The number of alkyl halides is 1. The molecule has 0 radical (unpaired) electrons. The summed E-state index contributed by atoms with van der Waals surface area (Å²) in [5.74, 6) is 0.258. The molecule has 2 heterocycles. The summed E-state index contributed by atoms with van der Waals surface area (Å²) in [5, 5.41) is 0.775. The molecule has 0 spiro atoms. The predicted molar refractivity (Wildman–Crippen MR) is 107 cm³/mol. The number of thiazole rings is 1. The molecule has 1 N–H and O–H groups in total. The molecule has 0 unspecified atom stereocenters. The van der Waals surface area contributed by atoms with Crippen LogP contribution in [0.25, 0.3) is 20.8 Å². The highest BCUT2D eigenvalue weighted by Gasteiger charge is 2.15. The highest BCUT2D eigenvalue weighted by molar-refractivity contribution is 7.92. The minimum Gasteiger partial charge on any atom is -0.463 e. The molecule has 28 heavy (non-hydrogen) atoms. The average molecular weight is 415 g/mol. The molecule has 0 bridgehead atoms. The Balaban J connectivity index is 1.60. The molecule has 0 aliphatic carbocycles. The van der Waals surface area contributed by atoms with Crippen LogP contribution in [0.15, 0.2) is 71.9 Å². The van der Waals surface area contributed by atoms with Gasteiger partial charge in [-0.05, 0) is 42.5 Å². The number of sulfonamides is 1. The number of ether oxygens (including phenoxy) is 1. The van der Waals surface area contributed by atoms with Gasteiger partial charge in [0, 0.05) is 23.6 Å². The molecule has 2 aromatic heterocycles. The summed E-state index contributed by atoms with van der Waals surface area (Å²) in [5.41, 5.74) is 2.06. The van der Waals surface area contributed by atoms with E-state index in [0.29, 0.717) is 5.69 Å². The first-order valence-corrected chi connectivity index (χ1v) is 10.5. The summed E-state index contributed by atoms with van der Waals surface area (Å²) in [7, 11) is -3.79. The van der Waals surface area contributed by atoms with E-state index in [-0.39, 0.29) is 10.6 Å². The van der Waals surface area contributed by atoms with Crippen molar-refractivity contribution in [3.05, 3.63) is 67.0 Å². The van der Waals surface area contributed by atoms with Gasteiger partial charge < -0.3 is 4.74 Å². The fourth-order valence-electron chi connectivity index (χ4n) is 2.61. The molecule has 142 valence electrons. The van der Waals surface area contributed by atoms with Gasteiger partial charge >= 0.3 is 0 Å². The molecular formula is C19H14FN3O3S2. The second-order valence-electron chi connectivity index (χ2n) is 5.77. The van der Waals surface area contributed by atoms with Crippen LogP contribution in [0, 0.1) is 0 Å². The Bertz CT molecular complexity index is 1190. The number of hydrogen-bond acceptors (Lipinski definition) is 6. The molecule has 0 amide bonds. The summed E-state index contributed by atoms with van der Waals surface area (Å²) in [6.45, 7) is -0.973. The van der Waals surface area contributed by atoms with E-state index in [4.69, 9.17) is 0 Å². The number of anilines is 1. The maximum absolute atomic E-state index is 12.6. The molecule has 2 aromatic carbocycles. The SMILES string of the molecule is O=S(=O)(Nc1cccc(-c2nc3ccncc3s2)c1)c1ccc(OCF)cc1. The number of rotatable bonds is 6. The molecule has 0 atom stereocenters. The molecule has 0 aliphatic heterocycles. The number of fused-ring (bicyclic) bond motifs is 1. The lowest BCUT2D eigenvalue weighted by Gasteiger charge is -2.09. The Morgan fingerprint density at radius 2 is 1.93 bits per heavy atom. The monoisotopic (exact) mass is 415 g/mol. The molecular weight excluding hydrogens is 401 g/mol. The van der Waals surface area contributed by atoms with E-state index in [0.717, 1.165) is 20.8 Å². The largest absolute Gasteiger partial charge is 0.463 e. The molecule has 0 aliphatic rings. The molecule has 4 aromatic rings. The Labute approximate surface area is 164 Å². The van der Waals surface area contributed by atoms with E-state index >= 15 is 0 Å². The zero-order chi connectivity index (χ0) is 19.6. The van der Waals surface area contributed by atoms with Crippen molar-refractivity contribution < 1.29 is 17.5 Å². The highest BCUT2D eigenvalue weighted by Crippen LogP contribution is 2.31. The first-order chi connectivity index (χ1) is 13.5. The Kier molecular flexibility index (Phi) is 4.93. The zero-order valence-corrected chi connectivity index (χ0v) is 16.0. The highest BCUT2D eigenvalue weighted by atomic mass is 32.2. The Morgan fingerprint density at radius 3 is 2.68 bits per heavy atom. The fourth-order valence-corrected chi connectivity index (χ4v) is 4.59. The Morgan fingerprint density at radius 1 is 1.11 bits per heavy atom. The second-order valence-corrected chi connectivity index (χ2v) is 8.49. The first-order valence-electron chi connectivity index (χ1n) is 8.18. The first kappa shape index (κ1) is 18.3.